The van der Waals surface area contributed by atoms with Crippen molar-refractivity contribution in [3.63, 3.8) is 0 Å². The lowest BCUT2D eigenvalue weighted by Crippen LogP contribution is -2.28. The molecule has 0 aliphatic heterocycles. The summed E-state index contributed by atoms with van der Waals surface area (Å²) < 4.78 is 6.97. The highest BCUT2D eigenvalue weighted by Gasteiger charge is 2.30. The van der Waals surface area contributed by atoms with Gasteiger partial charge >= 0.3 is 0 Å². The Hall–Kier alpha value is -1.20. The van der Waals surface area contributed by atoms with Gasteiger partial charge in [0, 0.05) is 16.4 Å². The number of aromatic nitrogens is 2. The fraction of sp³-hybridized carbons (Fsp3) is 0.529. The molecule has 3 rings (SSSR count). The molecule has 1 unspecified atom stereocenters. The molecule has 22 heavy (non-hydrogen) atoms. The summed E-state index contributed by atoms with van der Waals surface area (Å²) in [5.41, 5.74) is 1.29. The molecule has 2 aromatic rings. The van der Waals surface area contributed by atoms with Crippen LogP contribution in [0.3, 0.4) is 0 Å². The van der Waals surface area contributed by atoms with Crippen molar-refractivity contribution in [2.45, 2.75) is 51.6 Å². The van der Waals surface area contributed by atoms with E-state index in [0.29, 0.717) is 18.5 Å². The van der Waals surface area contributed by atoms with E-state index in [1.807, 2.05) is 6.07 Å². The third-order valence-electron chi connectivity index (χ3n) is 4.16. The molecular weight excluding hydrogens is 342 g/mol. The number of nitrogens with zero attached hydrogens (tertiary/aromatic N) is 3. The van der Waals surface area contributed by atoms with Crippen molar-refractivity contribution < 1.29 is 4.42 Å². The molecule has 1 aliphatic rings. The Morgan fingerprint density at radius 3 is 2.77 bits per heavy atom. The van der Waals surface area contributed by atoms with Crippen LogP contribution in [0.25, 0.3) is 0 Å². The van der Waals surface area contributed by atoms with Crippen LogP contribution in [-0.2, 0) is 6.54 Å². The molecule has 0 amide bonds. The minimum atomic E-state index is 0.298. The molecule has 1 fully saturated rings. The molecule has 0 N–H and O–H groups in total. The molecule has 4 nitrogen and oxygen atoms in total. The molecule has 1 heterocycles. The minimum Gasteiger partial charge on any atom is -0.424 e. The van der Waals surface area contributed by atoms with Crippen LogP contribution in [0.2, 0.25) is 0 Å². The van der Waals surface area contributed by atoms with Crippen molar-refractivity contribution in [2.75, 3.05) is 6.54 Å². The second-order valence-electron chi connectivity index (χ2n) is 5.98. The van der Waals surface area contributed by atoms with E-state index in [1.165, 1.54) is 18.4 Å². The zero-order valence-corrected chi connectivity index (χ0v) is 14.7. The highest BCUT2D eigenvalue weighted by molar-refractivity contribution is 9.10. The van der Waals surface area contributed by atoms with Crippen LogP contribution < -0.4 is 0 Å². The SMILES string of the molecule is CCCN(Cc1nnc(C2CC2)o1)C(C)c1ccccc1Br. The van der Waals surface area contributed by atoms with Gasteiger partial charge in [-0.1, -0.05) is 41.1 Å². The average molecular weight is 364 g/mol. The number of halogens is 1. The number of benzene rings is 1. The van der Waals surface area contributed by atoms with E-state index >= 15 is 0 Å². The first-order valence-electron chi connectivity index (χ1n) is 7.99. The molecule has 0 radical (unpaired) electrons. The lowest BCUT2D eigenvalue weighted by atomic mass is 10.1. The molecule has 0 saturated heterocycles. The van der Waals surface area contributed by atoms with Gasteiger partial charge in [-0.25, -0.2) is 0 Å². The van der Waals surface area contributed by atoms with Gasteiger partial charge in [0.25, 0.3) is 0 Å². The van der Waals surface area contributed by atoms with Crippen LogP contribution in [0, 0.1) is 0 Å². The van der Waals surface area contributed by atoms with Crippen molar-refractivity contribution in [1.82, 2.24) is 15.1 Å². The summed E-state index contributed by atoms with van der Waals surface area (Å²) in [4.78, 5) is 2.39. The standard InChI is InChI=1S/C17H22BrN3O/c1-3-10-21(12(2)14-6-4-5-7-15(14)18)11-16-19-20-17(22-16)13-8-9-13/h4-7,12-13H,3,8-11H2,1-2H3. The topological polar surface area (TPSA) is 42.2 Å². The maximum Gasteiger partial charge on any atom is 0.230 e. The van der Waals surface area contributed by atoms with Crippen molar-refractivity contribution >= 4 is 15.9 Å². The summed E-state index contributed by atoms with van der Waals surface area (Å²) in [6.45, 7) is 6.14. The predicted octanol–water partition coefficient (Wildman–Crippen LogP) is 4.68. The van der Waals surface area contributed by atoms with E-state index < -0.39 is 0 Å². The van der Waals surface area contributed by atoms with Gasteiger partial charge < -0.3 is 4.42 Å². The second-order valence-corrected chi connectivity index (χ2v) is 6.83. The molecule has 1 aromatic carbocycles. The Bertz CT molecular complexity index is 624. The minimum absolute atomic E-state index is 0.298. The van der Waals surface area contributed by atoms with Crippen LogP contribution in [0.4, 0.5) is 0 Å². The van der Waals surface area contributed by atoms with Crippen molar-refractivity contribution in [1.29, 1.82) is 0 Å². The predicted molar refractivity (Wildman–Crippen MR) is 89.5 cm³/mol. The third-order valence-corrected chi connectivity index (χ3v) is 4.88. The van der Waals surface area contributed by atoms with Gasteiger partial charge in [-0.3, -0.25) is 4.90 Å². The van der Waals surface area contributed by atoms with Crippen LogP contribution in [0.15, 0.2) is 33.2 Å². The molecule has 1 atom stereocenters. The average Bonchev–Trinajstić information content (AvgIpc) is 3.27. The lowest BCUT2D eigenvalue weighted by Gasteiger charge is -2.28. The molecule has 1 saturated carbocycles. The normalized spacial score (nSPS) is 16.2. The van der Waals surface area contributed by atoms with Gasteiger partial charge in [0.2, 0.25) is 11.8 Å². The highest BCUT2D eigenvalue weighted by atomic mass is 79.9. The number of hydrogen-bond donors (Lipinski definition) is 0. The first kappa shape index (κ1) is 15.7. The second kappa shape index (κ2) is 6.92. The van der Waals surface area contributed by atoms with Crippen LogP contribution in [-0.4, -0.2) is 21.6 Å². The summed E-state index contributed by atoms with van der Waals surface area (Å²) in [7, 11) is 0. The lowest BCUT2D eigenvalue weighted by molar-refractivity contribution is 0.181. The van der Waals surface area contributed by atoms with Crippen molar-refractivity contribution in [3.05, 3.63) is 46.1 Å². The summed E-state index contributed by atoms with van der Waals surface area (Å²) in [5, 5.41) is 8.42. The monoisotopic (exact) mass is 363 g/mol. The smallest absolute Gasteiger partial charge is 0.230 e. The zero-order valence-electron chi connectivity index (χ0n) is 13.1. The van der Waals surface area contributed by atoms with E-state index in [0.717, 1.165) is 29.2 Å². The van der Waals surface area contributed by atoms with Gasteiger partial charge in [-0.05, 0) is 44.4 Å². The summed E-state index contributed by atoms with van der Waals surface area (Å²) in [5.74, 6) is 2.07. The first-order chi connectivity index (χ1) is 10.7. The van der Waals surface area contributed by atoms with Gasteiger partial charge in [0.05, 0.1) is 6.54 Å². The number of hydrogen-bond acceptors (Lipinski definition) is 4. The fourth-order valence-electron chi connectivity index (χ4n) is 2.71. The summed E-state index contributed by atoms with van der Waals surface area (Å²) in [6.07, 6.45) is 3.47. The number of rotatable bonds is 7. The summed E-state index contributed by atoms with van der Waals surface area (Å²) >= 11 is 3.66. The molecule has 1 aliphatic carbocycles. The van der Waals surface area contributed by atoms with Crippen LogP contribution in [0.1, 0.15) is 62.4 Å². The Balaban J connectivity index is 1.74. The summed E-state index contributed by atoms with van der Waals surface area (Å²) in [6, 6.07) is 8.68. The zero-order chi connectivity index (χ0) is 15.5. The van der Waals surface area contributed by atoms with E-state index in [1.54, 1.807) is 0 Å². The largest absolute Gasteiger partial charge is 0.424 e. The quantitative estimate of drug-likeness (QED) is 0.715. The highest BCUT2D eigenvalue weighted by Crippen LogP contribution is 2.39. The van der Waals surface area contributed by atoms with Gasteiger partial charge in [-0.2, -0.15) is 0 Å². The first-order valence-corrected chi connectivity index (χ1v) is 8.79. The molecular formula is C17H22BrN3O. The van der Waals surface area contributed by atoms with Crippen molar-refractivity contribution in [3.8, 4) is 0 Å². The molecule has 0 bridgehead atoms. The van der Waals surface area contributed by atoms with E-state index in [9.17, 15) is 0 Å². The Morgan fingerprint density at radius 1 is 1.32 bits per heavy atom. The van der Waals surface area contributed by atoms with E-state index in [2.05, 4.69) is 63.1 Å². The molecule has 1 aromatic heterocycles. The third kappa shape index (κ3) is 3.58. The van der Waals surface area contributed by atoms with Crippen molar-refractivity contribution in [2.24, 2.45) is 0 Å². The van der Waals surface area contributed by atoms with Crippen LogP contribution >= 0.6 is 15.9 Å². The Kier molecular flexibility index (Phi) is 4.93. The Labute approximate surface area is 140 Å². The fourth-order valence-corrected chi connectivity index (χ4v) is 3.32. The Morgan fingerprint density at radius 2 is 2.09 bits per heavy atom. The maximum absolute atomic E-state index is 5.83. The molecule has 0 spiro atoms. The van der Waals surface area contributed by atoms with Gasteiger partial charge in [0.15, 0.2) is 0 Å². The van der Waals surface area contributed by atoms with Gasteiger partial charge in [-0.15, -0.1) is 10.2 Å². The maximum atomic E-state index is 5.83. The molecule has 5 heteroatoms. The molecule has 118 valence electrons. The van der Waals surface area contributed by atoms with E-state index in [-0.39, 0.29) is 0 Å². The van der Waals surface area contributed by atoms with Gasteiger partial charge in [0.1, 0.15) is 0 Å². The van der Waals surface area contributed by atoms with E-state index in [4.69, 9.17) is 4.42 Å². The van der Waals surface area contributed by atoms with Crippen LogP contribution in [0.5, 0.6) is 0 Å².